The highest BCUT2D eigenvalue weighted by Crippen LogP contribution is 2.53. The highest BCUT2D eigenvalue weighted by atomic mass is 35.5. The number of para-hydroxylation sites is 1. The van der Waals surface area contributed by atoms with Crippen molar-refractivity contribution in [2.75, 3.05) is 18.7 Å². The summed E-state index contributed by atoms with van der Waals surface area (Å²) in [6.45, 7) is 12.1. The molecule has 0 aromatic heterocycles. The lowest BCUT2D eigenvalue weighted by molar-refractivity contribution is -0.225. The Labute approximate surface area is 311 Å². The number of anilines is 1. The van der Waals surface area contributed by atoms with Crippen LogP contribution in [-0.4, -0.2) is 76.6 Å². The first-order chi connectivity index (χ1) is 24.6. The molecule has 2 aromatic rings. The average molecular weight is 738 g/mol. The van der Waals surface area contributed by atoms with Gasteiger partial charge in [0.25, 0.3) is 0 Å². The number of ether oxygens (including phenoxy) is 2. The topological polar surface area (TPSA) is 138 Å². The zero-order chi connectivity index (χ0) is 37.7. The van der Waals surface area contributed by atoms with E-state index < -0.39 is 53.5 Å². The van der Waals surface area contributed by atoms with Crippen molar-refractivity contribution in [1.29, 1.82) is 0 Å². The van der Waals surface area contributed by atoms with Gasteiger partial charge in [-0.15, -0.1) is 0 Å². The molecular formula is C40H52ClN3O8. The van der Waals surface area contributed by atoms with E-state index >= 15 is 0 Å². The first-order valence-corrected chi connectivity index (χ1v) is 18.8. The summed E-state index contributed by atoms with van der Waals surface area (Å²) in [4.78, 5) is 47.8. The smallest absolute Gasteiger partial charge is 0.323 e. The molecule has 10 atom stereocenters. The Morgan fingerprint density at radius 1 is 1.12 bits per heavy atom. The number of benzene rings is 2. The van der Waals surface area contributed by atoms with Crippen molar-refractivity contribution < 1.29 is 38.9 Å². The molecule has 2 fully saturated rings. The molecule has 0 spiro atoms. The van der Waals surface area contributed by atoms with Gasteiger partial charge in [0.15, 0.2) is 18.4 Å². The van der Waals surface area contributed by atoms with E-state index in [2.05, 4.69) is 12.2 Å². The van der Waals surface area contributed by atoms with Crippen LogP contribution >= 0.6 is 11.6 Å². The lowest BCUT2D eigenvalue weighted by Gasteiger charge is -2.56. The third-order valence-corrected chi connectivity index (χ3v) is 12.3. The van der Waals surface area contributed by atoms with Crippen LogP contribution in [0.15, 0.2) is 54.1 Å². The number of amides is 1. The van der Waals surface area contributed by atoms with Crippen LogP contribution in [-0.2, 0) is 40.8 Å². The van der Waals surface area contributed by atoms with Crippen LogP contribution in [0.25, 0.3) is 0 Å². The lowest BCUT2D eigenvalue weighted by Crippen LogP contribution is -2.66. The van der Waals surface area contributed by atoms with Crippen molar-refractivity contribution in [2.45, 2.75) is 109 Å². The summed E-state index contributed by atoms with van der Waals surface area (Å²) < 4.78 is 12.1. The maximum Gasteiger partial charge on any atom is 0.323 e. The standard InChI is InChI=1S/C40H52ClN3O8/c1-8-33(46)44(21-27-13-10-9-12-22(27)2)20-24(4)28-17-16-25(5)40(49)30(28)18-23(3)35(50-26(6)45)36(40)51-37(47)32-19-39(48)29-14-11-15-31(41)34(29)43(7)52-38(39)42-32/h9-15,18,24-25,28,30,32,35-36,38,42,48-49H,8,16-17,19-21H2,1-7H3/t24?,25-,28+,30-,32+,35-,36+,38-,39-,40-/m1/s1. The van der Waals surface area contributed by atoms with Gasteiger partial charge >= 0.3 is 11.9 Å². The van der Waals surface area contributed by atoms with Crippen LogP contribution in [0.4, 0.5) is 5.69 Å². The van der Waals surface area contributed by atoms with E-state index in [0.29, 0.717) is 47.8 Å². The second-order valence-corrected chi connectivity index (χ2v) is 15.8. The number of hydrogen-bond acceptors (Lipinski definition) is 10. The number of esters is 2. The number of rotatable bonds is 9. The van der Waals surface area contributed by atoms with Crippen molar-refractivity contribution >= 4 is 35.1 Å². The van der Waals surface area contributed by atoms with E-state index in [9.17, 15) is 24.6 Å². The minimum Gasteiger partial charge on any atom is -0.454 e. The molecule has 11 nitrogen and oxygen atoms in total. The Hall–Kier alpha value is -3.48. The first kappa shape index (κ1) is 38.3. The fourth-order valence-electron chi connectivity index (χ4n) is 9.11. The van der Waals surface area contributed by atoms with Gasteiger partial charge in [0.2, 0.25) is 5.91 Å². The van der Waals surface area contributed by atoms with Gasteiger partial charge in [0.05, 0.1) is 10.7 Å². The minimum atomic E-state index is -1.60. The third-order valence-electron chi connectivity index (χ3n) is 12.0. The zero-order valence-electron chi connectivity index (χ0n) is 31.1. The fraction of sp³-hybridized carbons (Fsp3) is 0.575. The number of carbonyl (C=O) groups is 3. The van der Waals surface area contributed by atoms with E-state index in [4.69, 9.17) is 25.9 Å². The van der Waals surface area contributed by atoms with Crippen LogP contribution in [0.5, 0.6) is 0 Å². The number of hydroxylamine groups is 1. The van der Waals surface area contributed by atoms with E-state index in [1.165, 1.54) is 12.0 Å². The highest BCUT2D eigenvalue weighted by Gasteiger charge is 2.62. The Bertz CT molecular complexity index is 1740. The molecule has 2 aliphatic carbocycles. The molecule has 282 valence electrons. The molecule has 2 heterocycles. The molecule has 2 aliphatic heterocycles. The average Bonchev–Trinajstić information content (AvgIpc) is 3.45. The van der Waals surface area contributed by atoms with Gasteiger partial charge in [-0.2, -0.15) is 0 Å². The molecule has 3 N–H and O–H groups in total. The normalized spacial score (nSPS) is 32.8. The SMILES string of the molecule is CCC(=O)N(Cc1ccccc1C)CC(C)[C@@H]1CC[C@@H](C)[C@@]2(O)[C@@H]1C=C(C)[C@@H](OC(C)=O)[C@@H]2OC(=O)[C@@H]1C[C@@]2(O)c3cccc(Cl)c3N(C)O[C@H]2N1. The van der Waals surface area contributed by atoms with E-state index in [-0.39, 0.29) is 30.1 Å². The monoisotopic (exact) mass is 737 g/mol. The van der Waals surface area contributed by atoms with Gasteiger partial charge in [0, 0.05) is 51.4 Å². The summed E-state index contributed by atoms with van der Waals surface area (Å²) in [6, 6.07) is 12.2. The number of aliphatic hydroxyl groups is 2. The molecule has 0 radical (unpaired) electrons. The maximum absolute atomic E-state index is 14.2. The molecule has 1 unspecified atom stereocenters. The van der Waals surface area contributed by atoms with Gasteiger partial charge in [-0.05, 0) is 67.2 Å². The van der Waals surface area contributed by atoms with E-state index in [1.54, 1.807) is 25.2 Å². The molecule has 12 heteroatoms. The highest BCUT2D eigenvalue weighted by molar-refractivity contribution is 6.33. The number of halogens is 1. The summed E-state index contributed by atoms with van der Waals surface area (Å²) in [5, 5.41) is 29.8. The second kappa shape index (κ2) is 14.7. The molecule has 6 rings (SSSR count). The van der Waals surface area contributed by atoms with Crippen molar-refractivity contribution in [1.82, 2.24) is 10.2 Å². The first-order valence-electron chi connectivity index (χ1n) is 18.4. The van der Waals surface area contributed by atoms with Crippen LogP contribution < -0.4 is 10.4 Å². The molecule has 1 amide bonds. The van der Waals surface area contributed by atoms with Crippen LogP contribution in [0, 0.1) is 30.6 Å². The molecule has 2 aromatic carbocycles. The number of nitrogens with zero attached hydrogens (tertiary/aromatic N) is 2. The second-order valence-electron chi connectivity index (χ2n) is 15.4. The number of carbonyl (C=O) groups excluding carboxylic acids is 3. The number of hydrogen-bond donors (Lipinski definition) is 3. The Morgan fingerprint density at radius 2 is 1.85 bits per heavy atom. The Kier molecular flexibility index (Phi) is 10.8. The third kappa shape index (κ3) is 6.75. The van der Waals surface area contributed by atoms with E-state index in [0.717, 1.165) is 17.5 Å². The molecule has 4 aliphatic rings. The number of aryl methyl sites for hydroxylation is 1. The summed E-state index contributed by atoms with van der Waals surface area (Å²) in [5.74, 6) is -2.09. The molecule has 52 heavy (non-hydrogen) atoms. The molecule has 1 saturated heterocycles. The van der Waals surface area contributed by atoms with Gasteiger partial charge in [-0.25, -0.2) is 0 Å². The predicted octanol–water partition coefficient (Wildman–Crippen LogP) is 5.18. The van der Waals surface area contributed by atoms with Crippen molar-refractivity contribution in [2.24, 2.45) is 23.7 Å². The molecular weight excluding hydrogens is 686 g/mol. The van der Waals surface area contributed by atoms with Crippen molar-refractivity contribution in [3.05, 3.63) is 75.8 Å². The van der Waals surface area contributed by atoms with Gasteiger partial charge in [0.1, 0.15) is 17.2 Å². The Balaban J connectivity index is 1.28. The van der Waals surface area contributed by atoms with Crippen LogP contribution in [0.1, 0.15) is 77.0 Å². The summed E-state index contributed by atoms with van der Waals surface area (Å²) in [6.07, 6.45) is 0.495. The Morgan fingerprint density at radius 3 is 2.54 bits per heavy atom. The van der Waals surface area contributed by atoms with Crippen molar-refractivity contribution in [3.63, 3.8) is 0 Å². The zero-order valence-corrected chi connectivity index (χ0v) is 31.9. The minimum absolute atomic E-state index is 0.0240. The summed E-state index contributed by atoms with van der Waals surface area (Å²) >= 11 is 6.47. The maximum atomic E-state index is 14.2. The van der Waals surface area contributed by atoms with Crippen LogP contribution in [0.2, 0.25) is 5.02 Å². The fourth-order valence-corrected chi connectivity index (χ4v) is 9.41. The number of nitrogens with one attached hydrogen (secondary N) is 1. The summed E-state index contributed by atoms with van der Waals surface area (Å²) in [7, 11) is 1.68. The molecule has 1 saturated carbocycles. The number of fused-ring (bicyclic) bond motifs is 4. The van der Waals surface area contributed by atoms with E-state index in [1.807, 2.05) is 62.9 Å². The van der Waals surface area contributed by atoms with Gasteiger partial charge < -0.3 is 24.6 Å². The van der Waals surface area contributed by atoms with Gasteiger partial charge in [-0.3, -0.25) is 29.6 Å². The van der Waals surface area contributed by atoms with Crippen molar-refractivity contribution in [3.8, 4) is 0 Å². The summed E-state index contributed by atoms with van der Waals surface area (Å²) in [5.41, 5.74) is 0.720. The lowest BCUT2D eigenvalue weighted by atomic mass is 9.55. The van der Waals surface area contributed by atoms with Gasteiger partial charge in [-0.1, -0.05) is 74.8 Å². The molecule has 0 bridgehead atoms. The largest absolute Gasteiger partial charge is 0.454 e. The quantitative estimate of drug-likeness (QED) is 0.233. The van der Waals surface area contributed by atoms with Crippen LogP contribution in [0.3, 0.4) is 0 Å². The predicted molar refractivity (Wildman–Crippen MR) is 196 cm³/mol.